The van der Waals surface area contributed by atoms with Gasteiger partial charge in [-0.25, -0.2) is 0 Å². The van der Waals surface area contributed by atoms with Crippen LogP contribution in [0.5, 0.6) is 0 Å². The number of carbonyl (C=O) groups is 3. The highest BCUT2D eigenvalue weighted by Crippen LogP contribution is 2.60. The van der Waals surface area contributed by atoms with Gasteiger partial charge in [-0.1, -0.05) is 58.4 Å². The number of carbonyl (C=O) groups excluding carboxylic acids is 3. The molecule has 3 unspecified atom stereocenters. The lowest BCUT2D eigenvalue weighted by atomic mass is 9.70. The number of halogens is 1. The Bertz CT molecular complexity index is 1050. The second-order valence-electron chi connectivity index (χ2n) is 10.3. The molecule has 37 heavy (non-hydrogen) atoms. The van der Waals surface area contributed by atoms with Crippen LogP contribution in [0.2, 0.25) is 0 Å². The Labute approximate surface area is 227 Å². The average Bonchev–Trinajstić information content (AvgIpc) is 3.46. The second kappa shape index (κ2) is 11.1. The van der Waals surface area contributed by atoms with Crippen LogP contribution in [-0.4, -0.2) is 92.4 Å². The van der Waals surface area contributed by atoms with Gasteiger partial charge in [-0.15, -0.1) is 13.2 Å². The Morgan fingerprint density at radius 2 is 1.89 bits per heavy atom. The SMILES string of the molecule is C=CCN(Cc1ccccc1)C(=O)[C@H]1[C@H]2C(=O)N(CCO)C(C(=O)N(CC=C)C(C)C)C23CC(Br)[C@@H]1O3. The summed E-state index contributed by atoms with van der Waals surface area (Å²) in [5.74, 6) is -2.31. The van der Waals surface area contributed by atoms with E-state index in [0.717, 1.165) is 5.56 Å². The quantitative estimate of drug-likeness (QED) is 0.324. The summed E-state index contributed by atoms with van der Waals surface area (Å²) in [6.07, 6.45) is 3.22. The maximum absolute atomic E-state index is 14.1. The molecular weight excluding hydrogens is 538 g/mol. The van der Waals surface area contributed by atoms with Gasteiger partial charge in [-0.2, -0.15) is 0 Å². The average molecular weight is 575 g/mol. The maximum atomic E-state index is 14.1. The number of hydrogen-bond acceptors (Lipinski definition) is 5. The summed E-state index contributed by atoms with van der Waals surface area (Å²) < 4.78 is 6.56. The zero-order chi connectivity index (χ0) is 26.9. The maximum Gasteiger partial charge on any atom is 0.248 e. The monoisotopic (exact) mass is 573 g/mol. The van der Waals surface area contributed by atoms with Crippen molar-refractivity contribution in [1.82, 2.24) is 14.7 Å². The summed E-state index contributed by atoms with van der Waals surface area (Å²) in [5.41, 5.74) is -0.180. The van der Waals surface area contributed by atoms with E-state index in [-0.39, 0.29) is 41.7 Å². The number of aliphatic hydroxyl groups is 1. The first-order chi connectivity index (χ1) is 17.7. The van der Waals surface area contributed by atoms with Crippen molar-refractivity contribution in [1.29, 1.82) is 0 Å². The Kier molecular flexibility index (Phi) is 8.26. The molecule has 0 radical (unpaired) electrons. The Balaban J connectivity index is 1.73. The van der Waals surface area contributed by atoms with Crippen molar-refractivity contribution in [2.45, 2.75) is 55.4 Å². The number of β-amino-alcohol motifs (C(OH)–C–C–N with tert-alkyl or cyclic N) is 1. The lowest BCUT2D eigenvalue weighted by Crippen LogP contribution is -2.58. The van der Waals surface area contributed by atoms with E-state index < -0.39 is 29.6 Å². The van der Waals surface area contributed by atoms with E-state index in [0.29, 0.717) is 26.1 Å². The van der Waals surface area contributed by atoms with Gasteiger partial charge in [0.25, 0.3) is 0 Å². The van der Waals surface area contributed by atoms with Gasteiger partial charge >= 0.3 is 0 Å². The predicted octanol–water partition coefficient (Wildman–Crippen LogP) is 2.36. The number of benzene rings is 1. The molecular formula is C28H36BrN3O5. The summed E-state index contributed by atoms with van der Waals surface area (Å²) in [6, 6.07) is 8.61. The fourth-order valence-electron chi connectivity index (χ4n) is 6.29. The minimum absolute atomic E-state index is 0.00418. The lowest BCUT2D eigenvalue weighted by molar-refractivity contribution is -0.150. The molecule has 3 saturated heterocycles. The number of alkyl halides is 1. The van der Waals surface area contributed by atoms with E-state index in [9.17, 15) is 19.5 Å². The third kappa shape index (κ3) is 4.66. The van der Waals surface area contributed by atoms with E-state index in [1.807, 2.05) is 44.2 Å². The van der Waals surface area contributed by atoms with Crippen molar-refractivity contribution >= 4 is 33.7 Å². The molecule has 1 aromatic carbocycles. The van der Waals surface area contributed by atoms with Crippen LogP contribution in [0.1, 0.15) is 25.8 Å². The standard InChI is InChI=1S/C28H36BrN3O5/c1-5-12-30(17-19-10-8-7-9-11-19)25(34)21-22-26(35)32(14-15-33)24(27(36)31(13-6-2)18(3)4)28(22)16-20(29)23(21)37-28/h5-11,18,20-24,33H,1-2,12-17H2,3-4H3/t20?,21-,22-,23-,24?,28?/m0/s1. The number of fused-ring (bicyclic) bond motifs is 1. The molecule has 3 fully saturated rings. The molecule has 200 valence electrons. The van der Waals surface area contributed by atoms with E-state index in [1.54, 1.807) is 22.0 Å². The Morgan fingerprint density at radius 1 is 1.22 bits per heavy atom. The molecule has 0 aliphatic carbocycles. The minimum atomic E-state index is -1.15. The van der Waals surface area contributed by atoms with Crippen LogP contribution >= 0.6 is 15.9 Å². The van der Waals surface area contributed by atoms with Crippen LogP contribution in [-0.2, 0) is 25.7 Å². The van der Waals surface area contributed by atoms with Gasteiger partial charge in [0.2, 0.25) is 17.7 Å². The fraction of sp³-hybridized carbons (Fsp3) is 0.536. The summed E-state index contributed by atoms with van der Waals surface area (Å²) >= 11 is 3.71. The third-order valence-corrected chi connectivity index (χ3v) is 8.60. The highest BCUT2D eigenvalue weighted by atomic mass is 79.9. The molecule has 0 saturated carbocycles. The minimum Gasteiger partial charge on any atom is -0.395 e. The molecule has 9 heteroatoms. The zero-order valence-electron chi connectivity index (χ0n) is 21.5. The molecule has 3 amide bonds. The number of likely N-dealkylation sites (tertiary alicyclic amines) is 1. The topological polar surface area (TPSA) is 90.4 Å². The smallest absolute Gasteiger partial charge is 0.248 e. The number of ether oxygens (including phenoxy) is 1. The first kappa shape index (κ1) is 27.5. The molecule has 3 heterocycles. The van der Waals surface area contributed by atoms with Crippen molar-refractivity contribution in [2.24, 2.45) is 11.8 Å². The van der Waals surface area contributed by atoms with Crippen LogP contribution in [0.4, 0.5) is 0 Å². The van der Waals surface area contributed by atoms with Gasteiger partial charge in [0.1, 0.15) is 11.6 Å². The molecule has 4 rings (SSSR count). The van der Waals surface area contributed by atoms with Crippen LogP contribution in [0.15, 0.2) is 55.6 Å². The van der Waals surface area contributed by atoms with Gasteiger partial charge in [0.15, 0.2) is 0 Å². The normalized spacial score (nSPS) is 29.9. The fourth-order valence-corrected chi connectivity index (χ4v) is 7.24. The number of aliphatic hydroxyl groups excluding tert-OH is 1. The van der Waals surface area contributed by atoms with Crippen molar-refractivity contribution in [3.63, 3.8) is 0 Å². The van der Waals surface area contributed by atoms with E-state index in [4.69, 9.17) is 4.74 Å². The Morgan fingerprint density at radius 3 is 2.49 bits per heavy atom. The molecule has 1 spiro atoms. The van der Waals surface area contributed by atoms with Gasteiger partial charge in [-0.3, -0.25) is 14.4 Å². The van der Waals surface area contributed by atoms with Gasteiger partial charge in [-0.05, 0) is 25.8 Å². The molecule has 1 N–H and O–H groups in total. The summed E-state index contributed by atoms with van der Waals surface area (Å²) in [5, 5.41) is 9.80. The molecule has 3 aliphatic rings. The second-order valence-corrected chi connectivity index (χ2v) is 11.5. The first-order valence-corrected chi connectivity index (χ1v) is 13.7. The highest BCUT2D eigenvalue weighted by Gasteiger charge is 2.76. The lowest BCUT2D eigenvalue weighted by Gasteiger charge is -2.38. The predicted molar refractivity (Wildman–Crippen MR) is 144 cm³/mol. The van der Waals surface area contributed by atoms with Gasteiger partial charge < -0.3 is 24.5 Å². The molecule has 8 nitrogen and oxygen atoms in total. The largest absolute Gasteiger partial charge is 0.395 e. The summed E-state index contributed by atoms with van der Waals surface area (Å²) in [6.45, 7) is 12.1. The van der Waals surface area contributed by atoms with E-state index in [1.165, 1.54) is 4.90 Å². The zero-order valence-corrected chi connectivity index (χ0v) is 23.0. The summed E-state index contributed by atoms with van der Waals surface area (Å²) in [7, 11) is 0. The molecule has 2 bridgehead atoms. The number of nitrogens with zero attached hydrogens (tertiary/aromatic N) is 3. The van der Waals surface area contributed by atoms with Crippen LogP contribution < -0.4 is 0 Å². The molecule has 6 atom stereocenters. The van der Waals surface area contributed by atoms with Crippen molar-refractivity contribution < 1.29 is 24.2 Å². The van der Waals surface area contributed by atoms with Crippen molar-refractivity contribution in [3.05, 3.63) is 61.2 Å². The highest BCUT2D eigenvalue weighted by molar-refractivity contribution is 9.09. The van der Waals surface area contributed by atoms with Crippen LogP contribution in [0.25, 0.3) is 0 Å². The van der Waals surface area contributed by atoms with Crippen molar-refractivity contribution in [2.75, 3.05) is 26.2 Å². The van der Waals surface area contributed by atoms with Gasteiger partial charge in [0.05, 0.1) is 24.5 Å². The number of amides is 3. The molecule has 3 aliphatic heterocycles. The number of hydrogen-bond donors (Lipinski definition) is 1. The first-order valence-electron chi connectivity index (χ1n) is 12.8. The Hall–Kier alpha value is -2.49. The third-order valence-electron chi connectivity index (χ3n) is 7.76. The van der Waals surface area contributed by atoms with E-state index >= 15 is 0 Å². The van der Waals surface area contributed by atoms with Gasteiger partial charge in [0, 0.05) is 37.0 Å². The van der Waals surface area contributed by atoms with Crippen LogP contribution in [0.3, 0.4) is 0 Å². The summed E-state index contributed by atoms with van der Waals surface area (Å²) in [4.78, 5) is 46.6. The molecule has 1 aromatic rings. The van der Waals surface area contributed by atoms with Crippen LogP contribution in [0, 0.1) is 11.8 Å². The van der Waals surface area contributed by atoms with Crippen molar-refractivity contribution in [3.8, 4) is 0 Å². The number of rotatable bonds is 11. The molecule has 0 aromatic heterocycles. The van der Waals surface area contributed by atoms with E-state index in [2.05, 4.69) is 29.1 Å².